The highest BCUT2D eigenvalue weighted by atomic mass is 17.7. The molecule has 2 aromatic rings. The van der Waals surface area contributed by atoms with Gasteiger partial charge in [-0.25, -0.2) is 9.59 Å². The van der Waals surface area contributed by atoms with Gasteiger partial charge in [0.05, 0.1) is 11.1 Å². The Balaban J connectivity index is 1.87. The van der Waals surface area contributed by atoms with Gasteiger partial charge in [-0.3, -0.25) is 9.78 Å². The lowest BCUT2D eigenvalue weighted by molar-refractivity contribution is -0.595. The molecule has 0 aliphatic heterocycles. The van der Waals surface area contributed by atoms with E-state index >= 15 is 0 Å². The van der Waals surface area contributed by atoms with E-state index in [1.165, 1.54) is 12.1 Å². The van der Waals surface area contributed by atoms with Crippen LogP contribution < -0.4 is 0 Å². The Morgan fingerprint density at radius 1 is 0.750 bits per heavy atom. The van der Waals surface area contributed by atoms with E-state index < -0.39 is 11.9 Å². The predicted molar refractivity (Wildman–Crippen MR) is 84.6 cm³/mol. The quantitative estimate of drug-likeness (QED) is 0.472. The van der Waals surface area contributed by atoms with Crippen LogP contribution in [0.1, 0.15) is 47.1 Å². The van der Waals surface area contributed by atoms with Crippen LogP contribution in [-0.4, -0.2) is 11.9 Å². The summed E-state index contributed by atoms with van der Waals surface area (Å²) in [4.78, 5) is 32.5. The lowest BCUT2D eigenvalue weighted by Gasteiger charge is -2.21. The molecule has 0 aromatic heterocycles. The van der Waals surface area contributed by atoms with Gasteiger partial charge in [-0.1, -0.05) is 57.2 Å². The van der Waals surface area contributed by atoms with Gasteiger partial charge in [0.25, 0.3) is 0 Å². The standard InChI is InChI=1S/C18H18O6/c1-18(2,3)15-12-8-7-11-14(15)17(20)22-24-23-21-16(19)13-9-5-4-6-10-13/h4-12H,1-3H3. The molecular formula is C18H18O6. The fourth-order valence-corrected chi connectivity index (χ4v) is 2.07. The summed E-state index contributed by atoms with van der Waals surface area (Å²) in [5.74, 6) is -1.53. The third kappa shape index (κ3) is 4.65. The minimum Gasteiger partial charge on any atom is -0.260 e. The van der Waals surface area contributed by atoms with Crippen LogP contribution in [0.15, 0.2) is 54.6 Å². The van der Waals surface area contributed by atoms with E-state index in [4.69, 9.17) is 0 Å². The Morgan fingerprint density at radius 3 is 1.92 bits per heavy atom. The van der Waals surface area contributed by atoms with Gasteiger partial charge in [-0.2, -0.15) is 0 Å². The molecule has 0 bridgehead atoms. The third-order valence-corrected chi connectivity index (χ3v) is 3.21. The molecule has 6 nitrogen and oxygen atoms in total. The summed E-state index contributed by atoms with van der Waals surface area (Å²) in [5, 5.41) is 8.39. The first-order chi connectivity index (χ1) is 11.4. The lowest BCUT2D eigenvalue weighted by atomic mass is 9.84. The SMILES string of the molecule is CC(C)(C)c1ccccc1C(=O)OOOOC(=O)c1ccccc1. The molecule has 0 amide bonds. The fraction of sp³-hybridized carbons (Fsp3) is 0.222. The van der Waals surface area contributed by atoms with Crippen LogP contribution in [-0.2, 0) is 25.3 Å². The maximum absolute atomic E-state index is 12.1. The molecule has 24 heavy (non-hydrogen) atoms. The Bertz CT molecular complexity index is 703. The van der Waals surface area contributed by atoms with Crippen molar-refractivity contribution in [2.75, 3.05) is 0 Å². The summed E-state index contributed by atoms with van der Waals surface area (Å²) in [6.45, 7) is 5.91. The molecule has 0 aliphatic carbocycles. The molecule has 0 aliphatic rings. The number of hydrogen-bond acceptors (Lipinski definition) is 6. The Hall–Kier alpha value is -2.70. The number of carbonyl (C=O) groups excluding carboxylic acids is 2. The van der Waals surface area contributed by atoms with Gasteiger partial charge in [-0.15, -0.1) is 0 Å². The normalized spacial score (nSPS) is 11.0. The number of carbonyl (C=O) groups is 2. The lowest BCUT2D eigenvalue weighted by Crippen LogP contribution is -2.18. The summed E-state index contributed by atoms with van der Waals surface area (Å²) < 4.78 is 0. The first-order valence-corrected chi connectivity index (χ1v) is 7.30. The number of hydrogen-bond donors (Lipinski definition) is 0. The zero-order valence-corrected chi connectivity index (χ0v) is 13.6. The minimum absolute atomic E-state index is 0.254. The van der Waals surface area contributed by atoms with Crippen LogP contribution in [0.2, 0.25) is 0 Å². The van der Waals surface area contributed by atoms with Crippen molar-refractivity contribution >= 4 is 11.9 Å². The van der Waals surface area contributed by atoms with Crippen LogP contribution in [0.5, 0.6) is 0 Å². The van der Waals surface area contributed by atoms with E-state index in [9.17, 15) is 9.59 Å². The van der Waals surface area contributed by atoms with Crippen LogP contribution in [0, 0.1) is 0 Å². The molecule has 0 atom stereocenters. The predicted octanol–water partition coefficient (Wildman–Crippen LogP) is 3.78. The summed E-state index contributed by atoms with van der Waals surface area (Å²) >= 11 is 0. The Labute approximate surface area is 139 Å². The van der Waals surface area contributed by atoms with E-state index in [0.717, 1.165) is 5.56 Å². The first-order valence-electron chi connectivity index (χ1n) is 7.30. The molecule has 6 heteroatoms. The second-order valence-electron chi connectivity index (χ2n) is 6.04. The highest BCUT2D eigenvalue weighted by Gasteiger charge is 2.23. The minimum atomic E-state index is -0.776. The number of rotatable bonds is 5. The fourth-order valence-electron chi connectivity index (χ4n) is 2.07. The van der Waals surface area contributed by atoms with E-state index in [-0.39, 0.29) is 11.0 Å². The van der Waals surface area contributed by atoms with Gasteiger partial charge in [0.1, 0.15) is 0 Å². The summed E-state index contributed by atoms with van der Waals surface area (Å²) in [6.07, 6.45) is 0. The second-order valence-corrected chi connectivity index (χ2v) is 6.04. The summed E-state index contributed by atoms with van der Waals surface area (Å²) in [6, 6.07) is 15.1. The van der Waals surface area contributed by atoms with Crippen LogP contribution in [0.25, 0.3) is 0 Å². The molecule has 126 valence electrons. The van der Waals surface area contributed by atoms with Crippen LogP contribution in [0.4, 0.5) is 0 Å². The maximum atomic E-state index is 12.1. The molecule has 0 heterocycles. The van der Waals surface area contributed by atoms with Gasteiger partial charge in [0.15, 0.2) is 0 Å². The van der Waals surface area contributed by atoms with Crippen LogP contribution in [0.3, 0.4) is 0 Å². The molecule has 0 fully saturated rings. The van der Waals surface area contributed by atoms with E-state index in [2.05, 4.69) is 19.9 Å². The Kier molecular flexibility index (Phi) is 5.68. The molecule has 0 N–H and O–H groups in total. The molecular weight excluding hydrogens is 312 g/mol. The van der Waals surface area contributed by atoms with Crippen molar-refractivity contribution in [2.24, 2.45) is 0 Å². The van der Waals surface area contributed by atoms with E-state index in [1.54, 1.807) is 30.3 Å². The largest absolute Gasteiger partial charge is 0.376 e. The van der Waals surface area contributed by atoms with E-state index in [0.29, 0.717) is 5.56 Å². The average Bonchev–Trinajstić information content (AvgIpc) is 2.58. The average molecular weight is 330 g/mol. The third-order valence-electron chi connectivity index (χ3n) is 3.21. The van der Waals surface area contributed by atoms with Crippen molar-refractivity contribution in [3.63, 3.8) is 0 Å². The molecule has 0 saturated carbocycles. The topological polar surface area (TPSA) is 71.1 Å². The molecule has 2 aromatic carbocycles. The van der Waals surface area contributed by atoms with E-state index in [1.807, 2.05) is 32.9 Å². The van der Waals surface area contributed by atoms with Gasteiger partial charge in [-0.05, 0) is 29.2 Å². The van der Waals surface area contributed by atoms with Crippen LogP contribution >= 0.6 is 0 Å². The van der Waals surface area contributed by atoms with Gasteiger partial charge >= 0.3 is 11.9 Å². The molecule has 0 saturated heterocycles. The van der Waals surface area contributed by atoms with Crippen molar-refractivity contribution in [3.8, 4) is 0 Å². The highest BCUT2D eigenvalue weighted by molar-refractivity contribution is 5.91. The summed E-state index contributed by atoms with van der Waals surface area (Å²) in [5.41, 5.74) is 1.14. The molecule has 2 rings (SSSR count). The van der Waals surface area contributed by atoms with Crippen molar-refractivity contribution in [3.05, 3.63) is 71.3 Å². The van der Waals surface area contributed by atoms with Gasteiger partial charge in [0.2, 0.25) is 0 Å². The zero-order valence-electron chi connectivity index (χ0n) is 13.6. The first kappa shape index (κ1) is 17.7. The number of benzene rings is 2. The smallest absolute Gasteiger partial charge is 0.260 e. The molecule has 0 spiro atoms. The monoisotopic (exact) mass is 330 g/mol. The highest BCUT2D eigenvalue weighted by Crippen LogP contribution is 2.26. The van der Waals surface area contributed by atoms with Crippen molar-refractivity contribution in [1.82, 2.24) is 0 Å². The molecule has 0 unspecified atom stereocenters. The van der Waals surface area contributed by atoms with Crippen molar-refractivity contribution in [1.29, 1.82) is 0 Å². The maximum Gasteiger partial charge on any atom is 0.376 e. The van der Waals surface area contributed by atoms with Crippen molar-refractivity contribution in [2.45, 2.75) is 26.2 Å². The second kappa shape index (κ2) is 7.72. The van der Waals surface area contributed by atoms with Gasteiger partial charge < -0.3 is 0 Å². The zero-order chi connectivity index (χ0) is 17.6. The van der Waals surface area contributed by atoms with Gasteiger partial charge in [0, 0.05) is 10.1 Å². The van der Waals surface area contributed by atoms with Crippen molar-refractivity contribution < 1.29 is 29.4 Å². The Morgan fingerprint density at radius 2 is 1.29 bits per heavy atom. The molecule has 0 radical (unpaired) electrons. The summed E-state index contributed by atoms with van der Waals surface area (Å²) in [7, 11) is 0.